The molecule has 0 aromatic heterocycles. The van der Waals surface area contributed by atoms with Gasteiger partial charge in [-0.25, -0.2) is 13.3 Å². The van der Waals surface area contributed by atoms with E-state index in [1.807, 2.05) is 6.07 Å². The summed E-state index contributed by atoms with van der Waals surface area (Å²) in [4.78, 5) is 11.1. The standard InChI is InChI=1S/C24H28F3NO4S/c1-15(2)16-11-17(24(25,26)27)13-18(12-16)33(31)28(3)21-9-5-4-7-20-19(21)8-6-10-22(20)32-14-23(29)30/h6,8,10-13,15,21H,4-5,7,9,14H2,1-3H3,(H,29,30). The van der Waals surface area contributed by atoms with Crippen molar-refractivity contribution < 1.29 is 32.0 Å². The zero-order valence-corrected chi connectivity index (χ0v) is 19.6. The van der Waals surface area contributed by atoms with E-state index in [2.05, 4.69) is 0 Å². The molecule has 9 heteroatoms. The molecule has 3 rings (SSSR count). The fourth-order valence-corrected chi connectivity index (χ4v) is 5.36. The molecule has 0 aliphatic heterocycles. The van der Waals surface area contributed by atoms with Crippen molar-refractivity contribution in [2.75, 3.05) is 13.7 Å². The summed E-state index contributed by atoms with van der Waals surface area (Å²) >= 11 is 0. The van der Waals surface area contributed by atoms with E-state index in [0.717, 1.165) is 36.1 Å². The molecule has 2 unspecified atom stereocenters. The summed E-state index contributed by atoms with van der Waals surface area (Å²) in [5, 5.41) is 8.96. The van der Waals surface area contributed by atoms with Gasteiger partial charge in [-0.2, -0.15) is 13.2 Å². The minimum atomic E-state index is -4.53. The second-order valence-electron chi connectivity index (χ2n) is 8.51. The zero-order valence-electron chi connectivity index (χ0n) is 18.8. The van der Waals surface area contributed by atoms with E-state index >= 15 is 0 Å². The van der Waals surface area contributed by atoms with Crippen molar-refractivity contribution in [2.45, 2.75) is 62.6 Å². The van der Waals surface area contributed by atoms with Crippen molar-refractivity contribution >= 4 is 17.0 Å². The van der Waals surface area contributed by atoms with Crippen LogP contribution in [0.3, 0.4) is 0 Å². The van der Waals surface area contributed by atoms with E-state index in [-0.39, 0.29) is 16.9 Å². The number of halogens is 3. The molecule has 1 aliphatic carbocycles. The van der Waals surface area contributed by atoms with Crippen LogP contribution < -0.4 is 4.74 Å². The van der Waals surface area contributed by atoms with Crippen LogP contribution in [0.15, 0.2) is 41.3 Å². The van der Waals surface area contributed by atoms with Crippen LogP contribution >= 0.6 is 0 Å². The third-order valence-corrected chi connectivity index (χ3v) is 7.28. The zero-order chi connectivity index (χ0) is 24.3. The van der Waals surface area contributed by atoms with Crippen LogP contribution in [-0.4, -0.2) is 33.2 Å². The molecule has 1 aliphatic rings. The third-order valence-electron chi connectivity index (χ3n) is 5.86. The largest absolute Gasteiger partial charge is 0.482 e. The molecule has 5 nitrogen and oxygen atoms in total. The molecule has 180 valence electrons. The number of hydrogen-bond acceptors (Lipinski definition) is 3. The Balaban J connectivity index is 1.98. The third kappa shape index (κ3) is 5.95. The summed E-state index contributed by atoms with van der Waals surface area (Å²) in [5.74, 6) is -0.760. The van der Waals surface area contributed by atoms with Gasteiger partial charge in [0.25, 0.3) is 0 Å². The summed E-state index contributed by atoms with van der Waals surface area (Å²) in [5.41, 5.74) is 1.39. The Hall–Kier alpha value is -2.39. The molecule has 0 amide bonds. The molecule has 2 aromatic carbocycles. The van der Waals surface area contributed by atoms with Crippen molar-refractivity contribution in [3.05, 3.63) is 58.7 Å². The second kappa shape index (κ2) is 10.3. The number of carboxylic acids is 1. The number of rotatable bonds is 7. The number of alkyl halides is 3. The monoisotopic (exact) mass is 483 g/mol. The molecule has 0 fully saturated rings. The van der Waals surface area contributed by atoms with Gasteiger partial charge in [-0.05, 0) is 66.1 Å². The molecular weight excluding hydrogens is 455 g/mol. The van der Waals surface area contributed by atoms with Crippen molar-refractivity contribution in [1.82, 2.24) is 4.31 Å². The van der Waals surface area contributed by atoms with E-state index in [1.165, 1.54) is 0 Å². The smallest absolute Gasteiger partial charge is 0.416 e. The first-order chi connectivity index (χ1) is 15.5. The number of hydrogen-bond donors (Lipinski definition) is 1. The Morgan fingerprint density at radius 3 is 2.61 bits per heavy atom. The highest BCUT2D eigenvalue weighted by atomic mass is 32.2. The molecule has 2 atom stereocenters. The molecule has 0 saturated heterocycles. The topological polar surface area (TPSA) is 66.8 Å². The number of benzene rings is 2. The van der Waals surface area contributed by atoms with Crippen LogP contribution in [0.2, 0.25) is 0 Å². The Kier molecular flexibility index (Phi) is 7.84. The van der Waals surface area contributed by atoms with Gasteiger partial charge in [0.05, 0.1) is 10.5 Å². The summed E-state index contributed by atoms with van der Waals surface area (Å²) in [7, 11) is -0.183. The van der Waals surface area contributed by atoms with Crippen LogP contribution in [0.5, 0.6) is 5.75 Å². The van der Waals surface area contributed by atoms with Gasteiger partial charge in [-0.1, -0.05) is 32.4 Å². The van der Waals surface area contributed by atoms with Gasteiger partial charge in [-0.3, -0.25) is 0 Å². The summed E-state index contributed by atoms with van der Waals surface area (Å²) < 4.78 is 61.0. The minimum absolute atomic E-state index is 0.111. The van der Waals surface area contributed by atoms with Gasteiger partial charge in [-0.15, -0.1) is 0 Å². The van der Waals surface area contributed by atoms with E-state index < -0.39 is 35.3 Å². The molecule has 0 saturated carbocycles. The predicted octanol–water partition coefficient (Wildman–Crippen LogP) is 5.71. The number of ether oxygens (including phenoxy) is 1. The lowest BCUT2D eigenvalue weighted by Crippen LogP contribution is -2.27. The molecule has 0 radical (unpaired) electrons. The first-order valence-corrected chi connectivity index (χ1v) is 11.9. The van der Waals surface area contributed by atoms with Crippen molar-refractivity contribution in [2.24, 2.45) is 0 Å². The van der Waals surface area contributed by atoms with Crippen LogP contribution in [-0.2, 0) is 28.4 Å². The maximum Gasteiger partial charge on any atom is 0.416 e. The quantitative estimate of drug-likeness (QED) is 0.512. The highest BCUT2D eigenvalue weighted by molar-refractivity contribution is 7.82. The molecule has 33 heavy (non-hydrogen) atoms. The lowest BCUT2D eigenvalue weighted by molar-refractivity contribution is -0.139. The molecule has 2 aromatic rings. The highest BCUT2D eigenvalue weighted by Crippen LogP contribution is 2.39. The lowest BCUT2D eigenvalue weighted by Gasteiger charge is -2.28. The van der Waals surface area contributed by atoms with Crippen molar-refractivity contribution in [1.29, 1.82) is 0 Å². The van der Waals surface area contributed by atoms with Crippen LogP contribution in [0.25, 0.3) is 0 Å². The fraction of sp³-hybridized carbons (Fsp3) is 0.458. The SMILES string of the molecule is CC(C)c1cc(S(=O)N(C)C2CCCCc3c(OCC(=O)O)cccc32)cc(C(F)(F)F)c1. The number of fused-ring (bicyclic) bond motifs is 1. The van der Waals surface area contributed by atoms with Gasteiger partial charge in [0.2, 0.25) is 0 Å². The Morgan fingerprint density at radius 1 is 1.24 bits per heavy atom. The normalized spacial score (nSPS) is 17.5. The first kappa shape index (κ1) is 25.2. The van der Waals surface area contributed by atoms with Crippen LogP contribution in [0.1, 0.15) is 67.3 Å². The average molecular weight is 484 g/mol. The summed E-state index contributed by atoms with van der Waals surface area (Å²) in [6.45, 7) is 3.13. The van der Waals surface area contributed by atoms with E-state index in [4.69, 9.17) is 9.84 Å². The Morgan fingerprint density at radius 2 is 1.97 bits per heavy atom. The number of carbonyl (C=O) groups is 1. The number of nitrogens with zero attached hydrogens (tertiary/aromatic N) is 1. The van der Waals surface area contributed by atoms with Gasteiger partial charge < -0.3 is 9.84 Å². The number of aliphatic carboxylic acids is 1. The van der Waals surface area contributed by atoms with Gasteiger partial charge in [0.15, 0.2) is 6.61 Å². The van der Waals surface area contributed by atoms with Gasteiger partial charge >= 0.3 is 12.1 Å². The Bertz CT molecular complexity index is 1040. The minimum Gasteiger partial charge on any atom is -0.482 e. The van der Waals surface area contributed by atoms with Crippen molar-refractivity contribution in [3.63, 3.8) is 0 Å². The Labute approximate surface area is 194 Å². The average Bonchev–Trinajstić information content (AvgIpc) is 2.98. The molecule has 1 N–H and O–H groups in total. The second-order valence-corrected chi connectivity index (χ2v) is 10.1. The summed E-state index contributed by atoms with van der Waals surface area (Å²) in [6, 6.07) is 8.69. The van der Waals surface area contributed by atoms with Gasteiger partial charge in [0, 0.05) is 13.1 Å². The molecule has 0 heterocycles. The maximum absolute atomic E-state index is 13.5. The molecular formula is C24H28F3NO4S. The molecule has 0 spiro atoms. The van der Waals surface area contributed by atoms with Crippen LogP contribution in [0, 0.1) is 0 Å². The number of carboxylic acid groups (broad SMARTS) is 1. The van der Waals surface area contributed by atoms with Crippen LogP contribution in [0.4, 0.5) is 13.2 Å². The maximum atomic E-state index is 13.5. The predicted molar refractivity (Wildman–Crippen MR) is 120 cm³/mol. The van der Waals surface area contributed by atoms with Gasteiger partial charge in [0.1, 0.15) is 16.7 Å². The first-order valence-electron chi connectivity index (χ1n) is 10.8. The van der Waals surface area contributed by atoms with E-state index in [0.29, 0.717) is 24.2 Å². The van der Waals surface area contributed by atoms with E-state index in [9.17, 15) is 22.2 Å². The lowest BCUT2D eigenvalue weighted by atomic mass is 9.98. The summed E-state index contributed by atoms with van der Waals surface area (Å²) in [6.07, 6.45) is -1.50. The molecule has 0 bridgehead atoms. The van der Waals surface area contributed by atoms with Crippen molar-refractivity contribution in [3.8, 4) is 5.75 Å². The highest BCUT2D eigenvalue weighted by Gasteiger charge is 2.33. The van der Waals surface area contributed by atoms with E-state index in [1.54, 1.807) is 43.4 Å². The fourth-order valence-electron chi connectivity index (χ4n) is 4.11.